The van der Waals surface area contributed by atoms with E-state index in [1.54, 1.807) is 0 Å². The molecule has 4 heteroatoms. The first-order valence-corrected chi connectivity index (χ1v) is 9.67. The molecule has 1 spiro atoms. The number of piperidine rings is 2. The van der Waals surface area contributed by atoms with E-state index in [1.165, 1.54) is 71.4 Å². The Balaban J connectivity index is 0.00000192. The Labute approximate surface area is 155 Å². The Bertz CT molecular complexity index is 339. The summed E-state index contributed by atoms with van der Waals surface area (Å²) in [6.07, 6.45) is 8.99. The van der Waals surface area contributed by atoms with Crippen molar-refractivity contribution in [3.8, 4) is 0 Å². The molecule has 1 saturated carbocycles. The predicted octanol–water partition coefficient (Wildman–Crippen LogP) is 2.98. The molecule has 2 aliphatic heterocycles. The monoisotopic (exact) mass is 359 g/mol. The molecule has 23 heavy (non-hydrogen) atoms. The van der Waals surface area contributed by atoms with Gasteiger partial charge in [-0.05, 0) is 94.9 Å². The second kappa shape index (κ2) is 8.71. The molecule has 0 aromatic heterocycles. The van der Waals surface area contributed by atoms with Crippen LogP contribution in [0.2, 0.25) is 0 Å². The van der Waals surface area contributed by atoms with Crippen LogP contribution in [0, 0.1) is 17.3 Å². The molecule has 3 aliphatic rings. The molecule has 2 saturated heterocycles. The van der Waals surface area contributed by atoms with Crippen LogP contribution in [0.3, 0.4) is 0 Å². The molecule has 1 N–H and O–H groups in total. The minimum absolute atomic E-state index is 0. The van der Waals surface area contributed by atoms with Crippen LogP contribution in [0.15, 0.2) is 0 Å². The minimum atomic E-state index is 0. The summed E-state index contributed by atoms with van der Waals surface area (Å²) >= 11 is 0. The van der Waals surface area contributed by atoms with Crippen LogP contribution in [-0.2, 0) is 18.6 Å². The Kier molecular flexibility index (Phi) is 7.50. The maximum Gasteiger partial charge on any atom is 0.0550 e. The Hall–Kier alpha value is 0.464. The molecule has 3 nitrogen and oxygen atoms in total. The molecule has 0 aromatic rings. The SMILES string of the molecule is CC(C)CCN1CCC(CN2CCC3(CC2)CC(O)C3)CC1.[V]. The average Bonchev–Trinajstić information content (AvgIpc) is 2.47. The number of rotatable bonds is 5. The molecular formula is C19H36N2OV. The van der Waals surface area contributed by atoms with Gasteiger partial charge < -0.3 is 14.9 Å². The predicted molar refractivity (Wildman–Crippen MR) is 92.0 cm³/mol. The summed E-state index contributed by atoms with van der Waals surface area (Å²) in [7, 11) is 0. The van der Waals surface area contributed by atoms with Crippen LogP contribution in [0.1, 0.15) is 58.8 Å². The van der Waals surface area contributed by atoms with Crippen LogP contribution in [0.5, 0.6) is 0 Å². The molecule has 0 amide bonds. The smallest absolute Gasteiger partial charge is 0.0550 e. The number of hydrogen-bond donors (Lipinski definition) is 1. The Morgan fingerprint density at radius 3 is 2.13 bits per heavy atom. The zero-order valence-corrected chi connectivity index (χ0v) is 16.6. The number of nitrogens with zero attached hydrogens (tertiary/aromatic N) is 2. The first-order chi connectivity index (χ1) is 10.5. The number of likely N-dealkylation sites (tertiary alicyclic amines) is 2. The maximum absolute atomic E-state index is 9.58. The molecule has 0 unspecified atom stereocenters. The van der Waals surface area contributed by atoms with Crippen molar-refractivity contribution in [3.63, 3.8) is 0 Å². The van der Waals surface area contributed by atoms with Gasteiger partial charge in [0, 0.05) is 25.1 Å². The third-order valence-corrected chi connectivity index (χ3v) is 6.50. The summed E-state index contributed by atoms with van der Waals surface area (Å²) < 4.78 is 0. The van der Waals surface area contributed by atoms with E-state index in [9.17, 15) is 5.11 Å². The van der Waals surface area contributed by atoms with E-state index in [0.29, 0.717) is 5.41 Å². The quantitative estimate of drug-likeness (QED) is 0.818. The van der Waals surface area contributed by atoms with E-state index in [1.807, 2.05) is 0 Å². The van der Waals surface area contributed by atoms with Crippen LogP contribution >= 0.6 is 0 Å². The third-order valence-electron chi connectivity index (χ3n) is 6.50. The second-order valence-corrected chi connectivity index (χ2v) is 8.83. The zero-order chi connectivity index (χ0) is 15.6. The number of aliphatic hydroxyl groups is 1. The average molecular weight is 359 g/mol. The molecule has 0 aromatic carbocycles. The fraction of sp³-hybridized carbons (Fsp3) is 1.00. The summed E-state index contributed by atoms with van der Waals surface area (Å²) in [5, 5.41) is 9.58. The fourth-order valence-electron chi connectivity index (χ4n) is 4.76. The number of aliphatic hydroxyl groups excluding tert-OH is 1. The van der Waals surface area contributed by atoms with Crippen molar-refractivity contribution < 1.29 is 23.7 Å². The van der Waals surface area contributed by atoms with Crippen LogP contribution in [-0.4, -0.2) is 60.3 Å². The molecule has 0 bridgehead atoms. The first kappa shape index (κ1) is 19.8. The van der Waals surface area contributed by atoms with Gasteiger partial charge in [-0.25, -0.2) is 0 Å². The van der Waals surface area contributed by atoms with Crippen LogP contribution < -0.4 is 0 Å². The van der Waals surface area contributed by atoms with Crippen molar-refractivity contribution >= 4 is 0 Å². The molecule has 2 heterocycles. The van der Waals surface area contributed by atoms with Gasteiger partial charge in [-0.3, -0.25) is 0 Å². The van der Waals surface area contributed by atoms with Gasteiger partial charge in [0.25, 0.3) is 0 Å². The molecular weight excluding hydrogens is 323 g/mol. The van der Waals surface area contributed by atoms with Gasteiger partial charge in [-0.1, -0.05) is 13.8 Å². The first-order valence-electron chi connectivity index (χ1n) is 9.67. The van der Waals surface area contributed by atoms with Crippen molar-refractivity contribution in [2.75, 3.05) is 39.3 Å². The third kappa shape index (κ3) is 5.47. The topological polar surface area (TPSA) is 26.7 Å². The van der Waals surface area contributed by atoms with Gasteiger partial charge in [0.05, 0.1) is 6.10 Å². The van der Waals surface area contributed by atoms with Gasteiger partial charge >= 0.3 is 0 Å². The van der Waals surface area contributed by atoms with Crippen molar-refractivity contribution in [2.24, 2.45) is 17.3 Å². The minimum Gasteiger partial charge on any atom is -0.393 e. The maximum atomic E-state index is 9.58. The van der Waals surface area contributed by atoms with Gasteiger partial charge in [-0.15, -0.1) is 0 Å². The van der Waals surface area contributed by atoms with Gasteiger partial charge in [0.2, 0.25) is 0 Å². The van der Waals surface area contributed by atoms with Crippen LogP contribution in [0.4, 0.5) is 0 Å². The molecule has 1 aliphatic carbocycles. The van der Waals surface area contributed by atoms with E-state index in [0.717, 1.165) is 24.7 Å². The van der Waals surface area contributed by atoms with E-state index < -0.39 is 0 Å². The van der Waals surface area contributed by atoms with Gasteiger partial charge in [-0.2, -0.15) is 0 Å². The van der Waals surface area contributed by atoms with Gasteiger partial charge in [0.15, 0.2) is 0 Å². The summed E-state index contributed by atoms with van der Waals surface area (Å²) in [6, 6.07) is 0. The number of hydrogen-bond acceptors (Lipinski definition) is 3. The largest absolute Gasteiger partial charge is 0.393 e. The molecule has 3 fully saturated rings. The standard InChI is InChI=1S/C19H36N2O.V/c1-16(2)3-8-20-9-4-17(5-10-20)15-21-11-6-19(7-12-21)13-18(22)14-19;/h16-18,22H,3-15H2,1-2H3;. The normalized spacial score (nSPS) is 27.1. The van der Waals surface area contributed by atoms with E-state index >= 15 is 0 Å². The Morgan fingerprint density at radius 2 is 1.61 bits per heavy atom. The van der Waals surface area contributed by atoms with Crippen molar-refractivity contribution in [1.29, 1.82) is 0 Å². The molecule has 133 valence electrons. The second-order valence-electron chi connectivity index (χ2n) is 8.83. The zero-order valence-electron chi connectivity index (χ0n) is 15.2. The molecule has 0 atom stereocenters. The summed E-state index contributed by atoms with van der Waals surface area (Å²) in [6.45, 7) is 12.5. The molecule has 1 radical (unpaired) electrons. The van der Waals surface area contributed by atoms with E-state index in [-0.39, 0.29) is 24.7 Å². The summed E-state index contributed by atoms with van der Waals surface area (Å²) in [5.41, 5.74) is 0.538. The molecule has 3 rings (SSSR count). The van der Waals surface area contributed by atoms with Crippen molar-refractivity contribution in [3.05, 3.63) is 0 Å². The van der Waals surface area contributed by atoms with Crippen molar-refractivity contribution in [2.45, 2.75) is 64.9 Å². The van der Waals surface area contributed by atoms with E-state index in [4.69, 9.17) is 0 Å². The summed E-state index contributed by atoms with van der Waals surface area (Å²) in [5.74, 6) is 1.76. The van der Waals surface area contributed by atoms with Crippen molar-refractivity contribution in [1.82, 2.24) is 9.80 Å². The van der Waals surface area contributed by atoms with Gasteiger partial charge in [0.1, 0.15) is 0 Å². The summed E-state index contributed by atoms with van der Waals surface area (Å²) in [4.78, 5) is 5.39. The fourth-order valence-corrected chi connectivity index (χ4v) is 4.76. The van der Waals surface area contributed by atoms with Crippen LogP contribution in [0.25, 0.3) is 0 Å². The van der Waals surface area contributed by atoms with E-state index in [2.05, 4.69) is 23.6 Å². The Morgan fingerprint density at radius 1 is 1.00 bits per heavy atom.